The van der Waals surface area contributed by atoms with E-state index >= 15 is 0 Å². The van der Waals surface area contributed by atoms with Crippen LogP contribution in [0.2, 0.25) is 0 Å². The van der Waals surface area contributed by atoms with E-state index < -0.39 is 5.24 Å². The second-order valence-electron chi connectivity index (χ2n) is 3.60. The van der Waals surface area contributed by atoms with Gasteiger partial charge >= 0.3 is 0 Å². The maximum Gasteiger partial charge on any atom is 0.278 e. The SMILES string of the molecule is C1CCNCC1.CC.CCN(CC)C(=O)S.NC(=O)S. The molecule has 0 spiro atoms. The molecule has 3 N–H and O–H groups in total. The summed E-state index contributed by atoms with van der Waals surface area (Å²) < 4.78 is 0. The van der Waals surface area contributed by atoms with E-state index in [4.69, 9.17) is 4.79 Å². The summed E-state index contributed by atoms with van der Waals surface area (Å²) in [5, 5.41) is 2.50. The Balaban J connectivity index is -0.000000213. The summed E-state index contributed by atoms with van der Waals surface area (Å²) >= 11 is 6.75. The number of hydrogen-bond donors (Lipinski definition) is 4. The van der Waals surface area contributed by atoms with Crippen molar-refractivity contribution in [3.63, 3.8) is 0 Å². The van der Waals surface area contributed by atoms with Crippen molar-refractivity contribution in [3.8, 4) is 0 Å². The number of amides is 2. The van der Waals surface area contributed by atoms with Crippen LogP contribution in [0.4, 0.5) is 9.59 Å². The maximum absolute atomic E-state index is 10.4. The Morgan fingerprint density at radius 1 is 1.05 bits per heavy atom. The quantitative estimate of drug-likeness (QED) is 0.589. The van der Waals surface area contributed by atoms with Crippen molar-refractivity contribution in [3.05, 3.63) is 0 Å². The molecule has 0 unspecified atom stereocenters. The highest BCUT2D eigenvalue weighted by Crippen LogP contribution is 1.96. The third kappa shape index (κ3) is 26.2. The van der Waals surface area contributed by atoms with Crippen molar-refractivity contribution in [1.29, 1.82) is 0 Å². The smallest absolute Gasteiger partial charge is 0.278 e. The number of nitrogens with one attached hydrogen (secondary N) is 1. The van der Waals surface area contributed by atoms with Gasteiger partial charge in [0, 0.05) is 13.1 Å². The average molecular weight is 326 g/mol. The van der Waals surface area contributed by atoms with E-state index in [1.54, 1.807) is 4.90 Å². The Kier molecular flexibility index (Phi) is 25.7. The van der Waals surface area contributed by atoms with E-state index in [0.717, 1.165) is 13.1 Å². The molecule has 7 heteroatoms. The van der Waals surface area contributed by atoms with Crippen molar-refractivity contribution in [1.82, 2.24) is 10.2 Å². The highest BCUT2D eigenvalue weighted by molar-refractivity contribution is 7.96. The molecule has 1 aliphatic rings. The number of thiol groups is 2. The highest BCUT2D eigenvalue weighted by atomic mass is 32.1. The summed E-state index contributed by atoms with van der Waals surface area (Å²) in [7, 11) is 0. The number of hydrogen-bond acceptors (Lipinski definition) is 3. The molecule has 0 aliphatic carbocycles. The molecule has 0 atom stereocenters. The number of primary amides is 1. The summed E-state index contributed by atoms with van der Waals surface area (Å²) in [6, 6.07) is 0. The Morgan fingerprint density at radius 3 is 1.45 bits per heavy atom. The van der Waals surface area contributed by atoms with Crippen molar-refractivity contribution >= 4 is 35.7 Å². The van der Waals surface area contributed by atoms with Crippen LogP contribution in [-0.4, -0.2) is 41.6 Å². The van der Waals surface area contributed by atoms with Gasteiger partial charge in [-0.05, 0) is 39.8 Å². The molecule has 1 aliphatic heterocycles. The van der Waals surface area contributed by atoms with Gasteiger partial charge in [-0.15, -0.1) is 0 Å². The van der Waals surface area contributed by atoms with Crippen molar-refractivity contribution in [2.24, 2.45) is 5.73 Å². The molecule has 20 heavy (non-hydrogen) atoms. The van der Waals surface area contributed by atoms with Gasteiger partial charge in [0.25, 0.3) is 10.5 Å². The van der Waals surface area contributed by atoms with E-state index in [1.165, 1.54) is 32.4 Å². The summed E-state index contributed by atoms with van der Waals surface area (Å²) in [6.07, 6.45) is 4.22. The van der Waals surface area contributed by atoms with Gasteiger partial charge < -0.3 is 16.0 Å². The Labute approximate surface area is 134 Å². The molecule has 0 radical (unpaired) electrons. The Hall–Kier alpha value is -0.400. The minimum Gasteiger partial charge on any atom is -0.361 e. The molecule has 1 heterocycles. The average Bonchev–Trinajstić information content (AvgIpc) is 2.44. The molecule has 0 aromatic heterocycles. The van der Waals surface area contributed by atoms with Crippen molar-refractivity contribution < 1.29 is 9.59 Å². The fourth-order valence-corrected chi connectivity index (χ4v) is 1.58. The van der Waals surface area contributed by atoms with Gasteiger partial charge in [0.1, 0.15) is 0 Å². The van der Waals surface area contributed by atoms with E-state index in [9.17, 15) is 4.79 Å². The van der Waals surface area contributed by atoms with Crippen LogP contribution in [0.15, 0.2) is 0 Å². The van der Waals surface area contributed by atoms with Crippen LogP contribution >= 0.6 is 25.3 Å². The summed E-state index contributed by atoms with van der Waals surface area (Å²) in [5.74, 6) is 0. The number of carbonyl (C=O) groups is 2. The molecule has 2 amide bonds. The molecule has 5 nitrogen and oxygen atoms in total. The van der Waals surface area contributed by atoms with Gasteiger partial charge in [-0.2, -0.15) is 0 Å². The molecule has 0 saturated carbocycles. The lowest BCUT2D eigenvalue weighted by atomic mass is 10.2. The topological polar surface area (TPSA) is 75.4 Å². The normalized spacial score (nSPS) is 12.3. The Bertz CT molecular complexity index is 206. The van der Waals surface area contributed by atoms with E-state index in [1.807, 2.05) is 27.7 Å². The van der Waals surface area contributed by atoms with Gasteiger partial charge in [-0.3, -0.25) is 9.59 Å². The summed E-state index contributed by atoms with van der Waals surface area (Å²) in [6.45, 7) is 11.9. The first-order valence-electron chi connectivity index (χ1n) is 7.12. The zero-order valence-corrected chi connectivity index (χ0v) is 15.0. The van der Waals surface area contributed by atoms with Crippen molar-refractivity contribution in [2.75, 3.05) is 26.2 Å². The van der Waals surface area contributed by atoms with Gasteiger partial charge in [-0.1, -0.05) is 45.5 Å². The predicted octanol–water partition coefficient (Wildman–Crippen LogP) is 3.16. The van der Waals surface area contributed by atoms with Crippen LogP contribution < -0.4 is 11.1 Å². The monoisotopic (exact) mass is 325 g/mol. The molecule has 0 aromatic rings. The minimum atomic E-state index is -0.639. The first-order chi connectivity index (χ1) is 9.45. The summed E-state index contributed by atoms with van der Waals surface area (Å²) in [4.78, 5) is 21.1. The predicted molar refractivity (Wildman–Crippen MR) is 93.9 cm³/mol. The van der Waals surface area contributed by atoms with Crippen LogP contribution in [0.5, 0.6) is 0 Å². The van der Waals surface area contributed by atoms with E-state index in [2.05, 4.69) is 36.3 Å². The Morgan fingerprint density at radius 2 is 1.40 bits per heavy atom. The fourth-order valence-electron chi connectivity index (χ4n) is 1.30. The number of nitrogens with two attached hydrogens (primary N) is 1. The van der Waals surface area contributed by atoms with E-state index in [-0.39, 0.29) is 5.24 Å². The zero-order chi connectivity index (χ0) is 16.4. The second-order valence-corrected chi connectivity index (χ2v) is 4.43. The van der Waals surface area contributed by atoms with Crippen LogP contribution in [-0.2, 0) is 0 Å². The standard InChI is InChI=1S/C5H11NOS.C5H11N.C2H6.CH3NOS/c1-3-6(4-2)5(7)8;1-2-4-6-5-3-1;1-2;2-1(3)4/h3-4H2,1-2H3,(H,7,8);6H,1-5H2;1-2H3;(H3,2,3,4). The van der Waals surface area contributed by atoms with Crippen LogP contribution in [0.3, 0.4) is 0 Å². The molecule has 122 valence electrons. The molecule has 1 rings (SSSR count). The third-order valence-electron chi connectivity index (χ3n) is 2.24. The molecular formula is C13H31N3O2S2. The van der Waals surface area contributed by atoms with Crippen LogP contribution in [0, 0.1) is 0 Å². The fraction of sp³-hybridized carbons (Fsp3) is 0.846. The lowest BCUT2D eigenvalue weighted by Gasteiger charge is -2.13. The van der Waals surface area contributed by atoms with E-state index in [0.29, 0.717) is 0 Å². The molecule has 1 fully saturated rings. The molecule has 0 bridgehead atoms. The van der Waals surface area contributed by atoms with Crippen LogP contribution in [0.25, 0.3) is 0 Å². The largest absolute Gasteiger partial charge is 0.361 e. The second kappa shape index (κ2) is 20.9. The zero-order valence-electron chi connectivity index (χ0n) is 13.2. The van der Waals surface area contributed by atoms with Gasteiger partial charge in [0.05, 0.1) is 0 Å². The first-order valence-corrected chi connectivity index (χ1v) is 8.02. The van der Waals surface area contributed by atoms with Gasteiger partial charge in [0.15, 0.2) is 0 Å². The van der Waals surface area contributed by atoms with Gasteiger partial charge in [-0.25, -0.2) is 0 Å². The van der Waals surface area contributed by atoms with Crippen LogP contribution in [0.1, 0.15) is 47.0 Å². The summed E-state index contributed by atoms with van der Waals surface area (Å²) in [5.41, 5.74) is 4.34. The number of piperidine rings is 1. The highest BCUT2D eigenvalue weighted by Gasteiger charge is 2.00. The third-order valence-corrected chi connectivity index (χ3v) is 2.52. The minimum absolute atomic E-state index is 0.144. The van der Waals surface area contributed by atoms with Gasteiger partial charge in [0.2, 0.25) is 0 Å². The lowest BCUT2D eigenvalue weighted by molar-refractivity contribution is 0.229. The first kappa shape index (κ1) is 24.6. The molecule has 0 aromatic carbocycles. The number of nitrogens with zero attached hydrogens (tertiary/aromatic N) is 1. The maximum atomic E-state index is 10.4. The molecule has 1 saturated heterocycles. The number of rotatable bonds is 2. The lowest BCUT2D eigenvalue weighted by Crippen LogP contribution is -2.24. The van der Waals surface area contributed by atoms with Crippen molar-refractivity contribution in [2.45, 2.75) is 47.0 Å². The number of carbonyl (C=O) groups excluding carboxylic acids is 2. The molecular weight excluding hydrogens is 294 g/mol.